The van der Waals surface area contributed by atoms with Crippen molar-refractivity contribution in [2.45, 2.75) is 31.6 Å². The van der Waals surface area contributed by atoms with Crippen LogP contribution in [0.15, 0.2) is 5.38 Å². The average molecular weight is 241 g/mol. The zero-order chi connectivity index (χ0) is 11.6. The molecule has 16 heavy (non-hydrogen) atoms. The molecule has 1 N–H and O–H groups in total. The molecule has 0 amide bonds. The molecule has 0 bridgehead atoms. The molecule has 4 nitrogen and oxygen atoms in total. The SMILES string of the molecule is CC1(c2nc(CC(=O)O)cs2)CCCOC1. The molecule has 1 aliphatic heterocycles. The zero-order valence-electron chi connectivity index (χ0n) is 9.23. The Kier molecular flexibility index (Phi) is 3.25. The third kappa shape index (κ3) is 2.41. The number of aliphatic carboxylic acids is 1. The van der Waals surface area contributed by atoms with E-state index in [4.69, 9.17) is 9.84 Å². The van der Waals surface area contributed by atoms with Crippen LogP contribution in [0.3, 0.4) is 0 Å². The predicted octanol–water partition coefficient (Wildman–Crippen LogP) is 1.84. The molecule has 1 aliphatic rings. The molecule has 5 heteroatoms. The van der Waals surface area contributed by atoms with E-state index in [1.807, 2.05) is 5.38 Å². The number of rotatable bonds is 3. The van der Waals surface area contributed by atoms with Gasteiger partial charge in [-0.3, -0.25) is 4.79 Å². The van der Waals surface area contributed by atoms with Crippen LogP contribution in [0.5, 0.6) is 0 Å². The fraction of sp³-hybridized carbons (Fsp3) is 0.636. The summed E-state index contributed by atoms with van der Waals surface area (Å²) in [6, 6.07) is 0. The van der Waals surface area contributed by atoms with Gasteiger partial charge < -0.3 is 9.84 Å². The van der Waals surface area contributed by atoms with Gasteiger partial charge in [-0.1, -0.05) is 6.92 Å². The highest BCUT2D eigenvalue weighted by Crippen LogP contribution is 2.34. The van der Waals surface area contributed by atoms with Crippen molar-refractivity contribution >= 4 is 17.3 Å². The second-order valence-corrected chi connectivity index (χ2v) is 5.29. The molecule has 88 valence electrons. The van der Waals surface area contributed by atoms with Gasteiger partial charge in [0.1, 0.15) is 5.01 Å². The zero-order valence-corrected chi connectivity index (χ0v) is 10.0. The molecule has 1 aromatic rings. The first-order valence-electron chi connectivity index (χ1n) is 5.35. The Balaban J connectivity index is 2.13. The molecule has 0 spiro atoms. The van der Waals surface area contributed by atoms with Gasteiger partial charge in [0, 0.05) is 17.4 Å². The van der Waals surface area contributed by atoms with E-state index in [0.29, 0.717) is 12.3 Å². The van der Waals surface area contributed by atoms with Crippen molar-refractivity contribution in [1.82, 2.24) is 4.98 Å². The lowest BCUT2D eigenvalue weighted by Gasteiger charge is -2.31. The number of thiazole rings is 1. The molecule has 1 saturated heterocycles. The lowest BCUT2D eigenvalue weighted by Crippen LogP contribution is -2.32. The van der Waals surface area contributed by atoms with Crippen LogP contribution < -0.4 is 0 Å². The Morgan fingerprint density at radius 3 is 3.19 bits per heavy atom. The molecule has 0 aromatic carbocycles. The number of carboxylic acids is 1. The number of nitrogens with zero attached hydrogens (tertiary/aromatic N) is 1. The van der Waals surface area contributed by atoms with E-state index in [1.165, 1.54) is 0 Å². The summed E-state index contributed by atoms with van der Waals surface area (Å²) in [6.45, 7) is 3.64. The highest BCUT2D eigenvalue weighted by atomic mass is 32.1. The second kappa shape index (κ2) is 4.51. The summed E-state index contributed by atoms with van der Waals surface area (Å²) in [5.74, 6) is -0.832. The number of hydrogen-bond donors (Lipinski definition) is 1. The highest BCUT2D eigenvalue weighted by molar-refractivity contribution is 7.09. The Morgan fingerprint density at radius 2 is 2.56 bits per heavy atom. The van der Waals surface area contributed by atoms with Crippen LogP contribution in [0.4, 0.5) is 0 Å². The summed E-state index contributed by atoms with van der Waals surface area (Å²) < 4.78 is 5.48. The van der Waals surface area contributed by atoms with Crippen LogP contribution in [0.2, 0.25) is 0 Å². The summed E-state index contributed by atoms with van der Waals surface area (Å²) >= 11 is 1.54. The number of hydrogen-bond acceptors (Lipinski definition) is 4. The molecular weight excluding hydrogens is 226 g/mol. The molecule has 1 aromatic heterocycles. The van der Waals surface area contributed by atoms with Gasteiger partial charge in [-0.25, -0.2) is 4.98 Å². The molecular formula is C11H15NO3S. The van der Waals surface area contributed by atoms with E-state index >= 15 is 0 Å². The van der Waals surface area contributed by atoms with Crippen LogP contribution in [0.25, 0.3) is 0 Å². The van der Waals surface area contributed by atoms with Gasteiger partial charge in [-0.15, -0.1) is 11.3 Å². The van der Waals surface area contributed by atoms with Gasteiger partial charge in [0.2, 0.25) is 0 Å². The van der Waals surface area contributed by atoms with Crippen molar-refractivity contribution in [3.63, 3.8) is 0 Å². The van der Waals surface area contributed by atoms with Crippen LogP contribution in [-0.2, 0) is 21.4 Å². The first kappa shape index (κ1) is 11.5. The van der Waals surface area contributed by atoms with Crippen LogP contribution >= 0.6 is 11.3 Å². The highest BCUT2D eigenvalue weighted by Gasteiger charge is 2.32. The van der Waals surface area contributed by atoms with Crippen molar-refractivity contribution < 1.29 is 14.6 Å². The van der Waals surface area contributed by atoms with Crippen LogP contribution in [0.1, 0.15) is 30.5 Å². The molecule has 2 rings (SSSR count). The average Bonchev–Trinajstić information content (AvgIpc) is 2.67. The third-order valence-corrected chi connectivity index (χ3v) is 4.04. The van der Waals surface area contributed by atoms with Gasteiger partial charge in [0.15, 0.2) is 0 Å². The topological polar surface area (TPSA) is 59.4 Å². The van der Waals surface area contributed by atoms with Gasteiger partial charge in [-0.2, -0.15) is 0 Å². The lowest BCUT2D eigenvalue weighted by molar-refractivity contribution is -0.136. The van der Waals surface area contributed by atoms with Crippen molar-refractivity contribution in [2.24, 2.45) is 0 Å². The largest absolute Gasteiger partial charge is 0.481 e. The monoisotopic (exact) mass is 241 g/mol. The van der Waals surface area contributed by atoms with Crippen molar-refractivity contribution in [3.8, 4) is 0 Å². The fourth-order valence-corrected chi connectivity index (χ4v) is 2.92. The van der Waals surface area contributed by atoms with E-state index in [2.05, 4.69) is 11.9 Å². The molecule has 1 fully saturated rings. The molecule has 0 saturated carbocycles. The third-order valence-electron chi connectivity index (χ3n) is 2.84. The van der Waals surface area contributed by atoms with Crippen LogP contribution in [0, 0.1) is 0 Å². The standard InChI is InChI=1S/C11H15NO3S/c1-11(3-2-4-15-7-11)10-12-8(6-16-10)5-9(13)14/h6H,2-5,7H2,1H3,(H,13,14). The number of ether oxygens (including phenoxy) is 1. The maximum Gasteiger partial charge on any atom is 0.309 e. The number of aromatic nitrogens is 1. The smallest absolute Gasteiger partial charge is 0.309 e. The van der Waals surface area contributed by atoms with E-state index in [1.54, 1.807) is 11.3 Å². The van der Waals surface area contributed by atoms with Gasteiger partial charge in [-0.05, 0) is 12.8 Å². The van der Waals surface area contributed by atoms with Gasteiger partial charge in [0.25, 0.3) is 0 Å². The van der Waals surface area contributed by atoms with Crippen molar-refractivity contribution in [3.05, 3.63) is 16.1 Å². The van der Waals surface area contributed by atoms with Crippen molar-refractivity contribution in [1.29, 1.82) is 0 Å². The fourth-order valence-electron chi connectivity index (χ4n) is 1.92. The minimum absolute atomic E-state index is 0.00738. The van der Waals surface area contributed by atoms with Crippen molar-refractivity contribution in [2.75, 3.05) is 13.2 Å². The molecule has 1 unspecified atom stereocenters. The second-order valence-electron chi connectivity index (χ2n) is 4.43. The Morgan fingerprint density at radius 1 is 1.75 bits per heavy atom. The Bertz CT molecular complexity index is 382. The normalized spacial score (nSPS) is 25.6. The van der Waals surface area contributed by atoms with Gasteiger partial charge >= 0.3 is 5.97 Å². The minimum atomic E-state index is -0.832. The summed E-state index contributed by atoms with van der Waals surface area (Å²) in [7, 11) is 0. The van der Waals surface area contributed by atoms with Gasteiger partial charge in [0.05, 0.1) is 18.7 Å². The molecule has 0 radical (unpaired) electrons. The van der Waals surface area contributed by atoms with Crippen LogP contribution in [-0.4, -0.2) is 29.3 Å². The molecule has 0 aliphatic carbocycles. The first-order valence-corrected chi connectivity index (χ1v) is 6.22. The maximum absolute atomic E-state index is 10.6. The lowest BCUT2D eigenvalue weighted by atomic mass is 9.85. The summed E-state index contributed by atoms with van der Waals surface area (Å²) in [6.07, 6.45) is 2.12. The number of carboxylic acid groups (broad SMARTS) is 1. The summed E-state index contributed by atoms with van der Waals surface area (Å²) in [4.78, 5) is 15.0. The Labute approximate surface area is 98.3 Å². The van der Waals surface area contributed by atoms with E-state index in [0.717, 1.165) is 24.5 Å². The minimum Gasteiger partial charge on any atom is -0.481 e. The Hall–Kier alpha value is -0.940. The van der Waals surface area contributed by atoms with E-state index < -0.39 is 5.97 Å². The maximum atomic E-state index is 10.6. The molecule has 1 atom stereocenters. The van der Waals surface area contributed by atoms with E-state index in [9.17, 15) is 4.79 Å². The van der Waals surface area contributed by atoms with E-state index in [-0.39, 0.29) is 11.8 Å². The molecule has 2 heterocycles. The predicted molar refractivity (Wildman–Crippen MR) is 60.9 cm³/mol. The summed E-state index contributed by atoms with van der Waals surface area (Å²) in [5, 5.41) is 11.5. The quantitative estimate of drug-likeness (QED) is 0.877. The number of carbonyl (C=O) groups is 1. The first-order chi connectivity index (χ1) is 7.60. The summed E-state index contributed by atoms with van der Waals surface area (Å²) in [5.41, 5.74) is 0.624.